The lowest BCUT2D eigenvalue weighted by Crippen LogP contribution is -2.14. The van der Waals surface area contributed by atoms with Gasteiger partial charge in [0.05, 0.1) is 25.5 Å². The number of anilines is 2. The molecule has 2 aromatic rings. The number of ether oxygens (including phenoxy) is 2. The van der Waals surface area contributed by atoms with Gasteiger partial charge < -0.3 is 20.1 Å². The van der Waals surface area contributed by atoms with Crippen molar-refractivity contribution in [1.29, 1.82) is 0 Å². The molecule has 3 rings (SSSR count). The Balaban J connectivity index is 1.80. The maximum Gasteiger partial charge on any atom is 0.259 e. The zero-order valence-corrected chi connectivity index (χ0v) is 14.7. The molecule has 1 amide bonds. The van der Waals surface area contributed by atoms with Crippen LogP contribution in [0, 0.1) is 0 Å². The Morgan fingerprint density at radius 1 is 1.00 bits per heavy atom. The minimum absolute atomic E-state index is 0.118. The number of rotatable bonds is 6. The third kappa shape index (κ3) is 3.85. The molecule has 0 aromatic heterocycles. The summed E-state index contributed by atoms with van der Waals surface area (Å²) in [4.78, 5) is 24.0. The van der Waals surface area contributed by atoms with Gasteiger partial charge in [0.2, 0.25) is 0 Å². The van der Waals surface area contributed by atoms with Crippen LogP contribution >= 0.6 is 0 Å². The molecule has 6 heteroatoms. The first-order valence-electron chi connectivity index (χ1n) is 8.23. The number of benzene rings is 2. The van der Waals surface area contributed by atoms with Crippen LogP contribution in [0.1, 0.15) is 23.2 Å². The average molecular weight is 352 g/mol. The summed E-state index contributed by atoms with van der Waals surface area (Å²) in [6, 6.07) is 12.4. The van der Waals surface area contributed by atoms with Crippen molar-refractivity contribution in [3.63, 3.8) is 0 Å². The number of ketones is 1. The van der Waals surface area contributed by atoms with Gasteiger partial charge in [-0.2, -0.15) is 0 Å². The standard InChI is InChI=1S/C20H20N2O4/c1-25-18-6-4-3-5-17(18)22-20(24)16-10-8-14(12-19(16)26-2)21-13-7-9-15(23)11-13/h3-6,8,10-12,21H,7,9H2,1-2H3,(H,22,24). The summed E-state index contributed by atoms with van der Waals surface area (Å²) >= 11 is 0. The van der Waals surface area contributed by atoms with Gasteiger partial charge in [0, 0.05) is 29.9 Å². The van der Waals surface area contributed by atoms with Gasteiger partial charge >= 0.3 is 0 Å². The predicted molar refractivity (Wildman–Crippen MR) is 99.9 cm³/mol. The summed E-state index contributed by atoms with van der Waals surface area (Å²) in [5.74, 6) is 0.837. The van der Waals surface area contributed by atoms with Crippen molar-refractivity contribution in [3.8, 4) is 11.5 Å². The van der Waals surface area contributed by atoms with Crippen LogP contribution in [-0.2, 0) is 4.79 Å². The van der Waals surface area contributed by atoms with E-state index in [4.69, 9.17) is 9.47 Å². The lowest BCUT2D eigenvalue weighted by molar-refractivity contribution is -0.114. The van der Waals surface area contributed by atoms with Gasteiger partial charge in [-0.1, -0.05) is 12.1 Å². The van der Waals surface area contributed by atoms with E-state index < -0.39 is 0 Å². The van der Waals surface area contributed by atoms with E-state index in [1.54, 1.807) is 43.5 Å². The first kappa shape index (κ1) is 17.5. The van der Waals surface area contributed by atoms with E-state index in [9.17, 15) is 9.59 Å². The molecule has 0 saturated heterocycles. The molecule has 0 unspecified atom stereocenters. The van der Waals surface area contributed by atoms with Gasteiger partial charge in [-0.25, -0.2) is 0 Å². The minimum Gasteiger partial charge on any atom is -0.496 e. The molecule has 2 aromatic carbocycles. The molecule has 26 heavy (non-hydrogen) atoms. The van der Waals surface area contributed by atoms with Crippen molar-refractivity contribution in [3.05, 3.63) is 59.8 Å². The van der Waals surface area contributed by atoms with E-state index in [1.165, 1.54) is 7.11 Å². The predicted octanol–water partition coefficient (Wildman–Crippen LogP) is 3.61. The van der Waals surface area contributed by atoms with E-state index in [0.717, 1.165) is 11.4 Å². The smallest absolute Gasteiger partial charge is 0.259 e. The third-order valence-electron chi connectivity index (χ3n) is 4.08. The summed E-state index contributed by atoms with van der Waals surface area (Å²) in [6.45, 7) is 0. The van der Waals surface area contributed by atoms with Crippen molar-refractivity contribution in [2.24, 2.45) is 0 Å². The van der Waals surface area contributed by atoms with E-state index >= 15 is 0 Å². The zero-order valence-electron chi connectivity index (χ0n) is 14.7. The van der Waals surface area contributed by atoms with Gasteiger partial charge in [0.15, 0.2) is 5.78 Å². The van der Waals surface area contributed by atoms with E-state index in [2.05, 4.69) is 10.6 Å². The monoisotopic (exact) mass is 352 g/mol. The highest BCUT2D eigenvalue weighted by Gasteiger charge is 2.16. The highest BCUT2D eigenvalue weighted by molar-refractivity contribution is 6.07. The van der Waals surface area contributed by atoms with Crippen LogP contribution in [0.2, 0.25) is 0 Å². The molecule has 6 nitrogen and oxygen atoms in total. The summed E-state index contributed by atoms with van der Waals surface area (Å²) in [6.07, 6.45) is 2.82. The molecule has 1 aliphatic rings. The molecule has 1 aliphatic carbocycles. The van der Waals surface area contributed by atoms with Gasteiger partial charge in [-0.15, -0.1) is 0 Å². The highest BCUT2D eigenvalue weighted by Crippen LogP contribution is 2.28. The topological polar surface area (TPSA) is 76.7 Å². The Labute approximate surface area is 151 Å². The number of nitrogens with one attached hydrogen (secondary N) is 2. The molecule has 134 valence electrons. The Morgan fingerprint density at radius 2 is 1.77 bits per heavy atom. The maximum atomic E-state index is 12.6. The fraction of sp³-hybridized carbons (Fsp3) is 0.200. The van der Waals surface area contributed by atoms with E-state index in [1.807, 2.05) is 12.1 Å². The molecule has 0 spiro atoms. The van der Waals surface area contributed by atoms with Crippen LogP contribution in [0.5, 0.6) is 11.5 Å². The molecular weight excluding hydrogens is 332 g/mol. The maximum absolute atomic E-state index is 12.6. The molecule has 0 atom stereocenters. The van der Waals surface area contributed by atoms with Crippen LogP contribution in [0.15, 0.2) is 54.2 Å². The van der Waals surface area contributed by atoms with Gasteiger partial charge in [-0.05, 0) is 30.7 Å². The molecule has 2 N–H and O–H groups in total. The van der Waals surface area contributed by atoms with Crippen molar-refractivity contribution in [1.82, 2.24) is 0 Å². The first-order chi connectivity index (χ1) is 12.6. The molecule has 0 bridgehead atoms. The Kier molecular flexibility index (Phi) is 5.22. The van der Waals surface area contributed by atoms with Crippen LogP contribution in [0.3, 0.4) is 0 Å². The average Bonchev–Trinajstić information content (AvgIpc) is 3.06. The van der Waals surface area contributed by atoms with Crippen LogP contribution in [0.25, 0.3) is 0 Å². The summed E-state index contributed by atoms with van der Waals surface area (Å²) in [5.41, 5.74) is 2.61. The van der Waals surface area contributed by atoms with Crippen molar-refractivity contribution < 1.29 is 19.1 Å². The number of hydrogen-bond acceptors (Lipinski definition) is 5. The fourth-order valence-corrected chi connectivity index (χ4v) is 2.77. The molecule has 0 radical (unpaired) electrons. The number of carbonyl (C=O) groups is 2. The molecule has 0 heterocycles. The van der Waals surface area contributed by atoms with Crippen molar-refractivity contribution in [2.45, 2.75) is 12.8 Å². The lowest BCUT2D eigenvalue weighted by atomic mass is 10.1. The number of carbonyl (C=O) groups excluding carboxylic acids is 2. The second-order valence-corrected chi connectivity index (χ2v) is 5.83. The summed E-state index contributed by atoms with van der Waals surface area (Å²) < 4.78 is 10.6. The number of amides is 1. The Morgan fingerprint density at radius 3 is 2.46 bits per heavy atom. The van der Waals surface area contributed by atoms with Crippen LogP contribution in [-0.4, -0.2) is 25.9 Å². The zero-order chi connectivity index (χ0) is 18.5. The highest BCUT2D eigenvalue weighted by atomic mass is 16.5. The Hall–Kier alpha value is -3.28. The second-order valence-electron chi connectivity index (χ2n) is 5.83. The van der Waals surface area contributed by atoms with Gasteiger partial charge in [-0.3, -0.25) is 9.59 Å². The number of allylic oxidation sites excluding steroid dienone is 2. The van der Waals surface area contributed by atoms with E-state index in [-0.39, 0.29) is 11.7 Å². The van der Waals surface area contributed by atoms with Crippen molar-refractivity contribution >= 4 is 23.1 Å². The van der Waals surface area contributed by atoms with Crippen molar-refractivity contribution in [2.75, 3.05) is 24.9 Å². The van der Waals surface area contributed by atoms with Crippen LogP contribution in [0.4, 0.5) is 11.4 Å². The molecule has 0 fully saturated rings. The number of para-hydroxylation sites is 2. The lowest BCUT2D eigenvalue weighted by Gasteiger charge is -2.14. The molecule has 0 aliphatic heterocycles. The number of hydrogen-bond donors (Lipinski definition) is 2. The van der Waals surface area contributed by atoms with Crippen LogP contribution < -0.4 is 20.1 Å². The molecule has 0 saturated carbocycles. The summed E-state index contributed by atoms with van der Waals surface area (Å²) in [7, 11) is 3.06. The Bertz CT molecular complexity index is 874. The first-order valence-corrected chi connectivity index (χ1v) is 8.23. The summed E-state index contributed by atoms with van der Waals surface area (Å²) in [5, 5.41) is 6.02. The SMILES string of the molecule is COc1ccccc1NC(=O)c1ccc(NC2=CC(=O)CC2)cc1OC. The quantitative estimate of drug-likeness (QED) is 0.830. The van der Waals surface area contributed by atoms with Gasteiger partial charge in [0.1, 0.15) is 11.5 Å². The van der Waals surface area contributed by atoms with Gasteiger partial charge in [0.25, 0.3) is 5.91 Å². The fourth-order valence-electron chi connectivity index (χ4n) is 2.77. The minimum atomic E-state index is -0.298. The molecular formula is C20H20N2O4. The largest absolute Gasteiger partial charge is 0.496 e. The normalized spacial score (nSPS) is 13.2. The van der Waals surface area contributed by atoms with E-state index in [0.29, 0.717) is 35.6 Å². The second kappa shape index (κ2) is 7.74. The number of methoxy groups -OCH3 is 2. The third-order valence-corrected chi connectivity index (χ3v) is 4.08.